The number of aliphatic hydroxyl groups is 1. The molecule has 42 heavy (non-hydrogen) atoms. The topological polar surface area (TPSA) is 120 Å². The van der Waals surface area contributed by atoms with Crippen LogP contribution >= 0.6 is 11.6 Å². The molecule has 0 spiro atoms. The van der Waals surface area contributed by atoms with Crippen LogP contribution in [0, 0.1) is 17.1 Å². The van der Waals surface area contributed by atoms with Crippen LogP contribution in [0.4, 0.5) is 21.5 Å². The molecular formula is C31H35ClFN5O4. The summed E-state index contributed by atoms with van der Waals surface area (Å²) in [5.41, 5.74) is 2.14. The van der Waals surface area contributed by atoms with E-state index in [1.807, 2.05) is 7.05 Å². The van der Waals surface area contributed by atoms with Crippen LogP contribution in [-0.4, -0.2) is 67.0 Å². The maximum atomic E-state index is 13.7. The van der Waals surface area contributed by atoms with Crippen molar-refractivity contribution in [3.8, 4) is 11.8 Å². The number of likely N-dealkylation sites (N-methyl/N-ethyl adjacent to an activating group) is 1. The van der Waals surface area contributed by atoms with E-state index in [0.29, 0.717) is 53.5 Å². The van der Waals surface area contributed by atoms with Crippen LogP contribution in [0.15, 0.2) is 48.7 Å². The molecule has 1 aliphatic rings. The number of halogens is 2. The van der Waals surface area contributed by atoms with Crippen LogP contribution < -0.4 is 15.4 Å². The second-order valence-electron chi connectivity index (χ2n) is 10.2. The fourth-order valence-corrected chi connectivity index (χ4v) is 4.77. The fourth-order valence-electron chi connectivity index (χ4n) is 4.59. The van der Waals surface area contributed by atoms with Gasteiger partial charge < -0.3 is 30.1 Å². The van der Waals surface area contributed by atoms with E-state index in [-0.39, 0.29) is 29.2 Å². The molecule has 1 fully saturated rings. The van der Waals surface area contributed by atoms with Gasteiger partial charge >= 0.3 is 0 Å². The number of hydrogen-bond donors (Lipinski definition) is 3. The predicted octanol–water partition coefficient (Wildman–Crippen LogP) is 5.79. The number of aliphatic hydroxyl groups excluding tert-OH is 1. The van der Waals surface area contributed by atoms with Crippen molar-refractivity contribution in [3.05, 3.63) is 65.1 Å². The number of aromatic nitrogens is 1. The zero-order valence-electron chi connectivity index (χ0n) is 23.5. The van der Waals surface area contributed by atoms with Crippen molar-refractivity contribution in [2.75, 3.05) is 50.6 Å². The number of pyridine rings is 1. The molecule has 1 aromatic heterocycles. The highest BCUT2D eigenvalue weighted by Gasteiger charge is 2.21. The van der Waals surface area contributed by atoms with Gasteiger partial charge in [0.25, 0.3) is 0 Å². The number of carbonyl (C=O) groups is 1. The molecular weight excluding hydrogens is 561 g/mol. The van der Waals surface area contributed by atoms with Crippen molar-refractivity contribution < 1.29 is 23.8 Å². The molecule has 11 heteroatoms. The maximum Gasteiger partial charge on any atom is 0.248 e. The Labute approximate surface area is 249 Å². The second-order valence-corrected chi connectivity index (χ2v) is 10.6. The van der Waals surface area contributed by atoms with Crippen molar-refractivity contribution in [2.45, 2.75) is 38.2 Å². The summed E-state index contributed by atoms with van der Waals surface area (Å²) in [6, 6.07) is 9.76. The molecule has 1 amide bonds. The van der Waals surface area contributed by atoms with Crippen molar-refractivity contribution in [1.29, 1.82) is 5.26 Å². The van der Waals surface area contributed by atoms with E-state index in [2.05, 4.69) is 26.6 Å². The molecule has 1 saturated heterocycles. The monoisotopic (exact) mass is 595 g/mol. The third-order valence-electron chi connectivity index (χ3n) is 6.85. The Balaban J connectivity index is 1.57. The number of nitrogens with one attached hydrogen (secondary N) is 2. The van der Waals surface area contributed by atoms with Crippen LogP contribution in [0.1, 0.15) is 37.7 Å². The lowest BCUT2D eigenvalue weighted by atomic mass is 10.1. The smallest absolute Gasteiger partial charge is 0.248 e. The van der Waals surface area contributed by atoms with Gasteiger partial charge in [-0.05, 0) is 50.7 Å². The molecule has 0 aliphatic carbocycles. The van der Waals surface area contributed by atoms with Crippen LogP contribution in [0.5, 0.6) is 5.75 Å². The summed E-state index contributed by atoms with van der Waals surface area (Å²) in [4.78, 5) is 19.5. The van der Waals surface area contributed by atoms with Gasteiger partial charge in [-0.1, -0.05) is 30.5 Å². The first kappa shape index (κ1) is 31.2. The molecule has 1 aliphatic heterocycles. The van der Waals surface area contributed by atoms with E-state index >= 15 is 0 Å². The average molecular weight is 596 g/mol. The van der Waals surface area contributed by atoms with Gasteiger partial charge in [0, 0.05) is 49.0 Å². The van der Waals surface area contributed by atoms with E-state index in [0.717, 1.165) is 38.6 Å². The molecule has 2 aromatic carbocycles. The van der Waals surface area contributed by atoms with Gasteiger partial charge in [0.05, 0.1) is 40.7 Å². The summed E-state index contributed by atoms with van der Waals surface area (Å²) < 4.78 is 25.4. The number of rotatable bonds is 14. The van der Waals surface area contributed by atoms with E-state index in [4.69, 9.17) is 26.2 Å². The first-order valence-electron chi connectivity index (χ1n) is 14.0. The van der Waals surface area contributed by atoms with Gasteiger partial charge in [0.1, 0.15) is 23.7 Å². The average Bonchev–Trinajstić information content (AvgIpc) is 3.49. The van der Waals surface area contributed by atoms with Gasteiger partial charge in [-0.25, -0.2) is 4.39 Å². The lowest BCUT2D eigenvalue weighted by Gasteiger charge is -2.18. The highest BCUT2D eigenvalue weighted by molar-refractivity contribution is 6.31. The highest BCUT2D eigenvalue weighted by atomic mass is 35.5. The molecule has 2 heterocycles. The lowest BCUT2D eigenvalue weighted by molar-refractivity contribution is -0.111. The number of benzene rings is 2. The number of unbranched alkanes of at least 4 members (excludes halogenated alkanes) is 3. The summed E-state index contributed by atoms with van der Waals surface area (Å²) in [6.45, 7) is 2.76. The first-order chi connectivity index (χ1) is 20.4. The Bertz CT molecular complexity index is 1460. The SMILES string of the molecule is CN(CC=CC(=O)Nc1cc2c(Nc3ccc(F)c(Cl)c3)c(C#N)cnc2cc1OC1CCOC1)CCCCCCO. The van der Waals surface area contributed by atoms with Crippen LogP contribution in [0.3, 0.4) is 0 Å². The third-order valence-corrected chi connectivity index (χ3v) is 7.14. The zero-order chi connectivity index (χ0) is 29.9. The summed E-state index contributed by atoms with van der Waals surface area (Å²) in [5.74, 6) is -0.447. The molecule has 3 aromatic rings. The van der Waals surface area contributed by atoms with Crippen molar-refractivity contribution in [1.82, 2.24) is 9.88 Å². The summed E-state index contributed by atoms with van der Waals surface area (Å²) in [7, 11) is 2.00. The predicted molar refractivity (Wildman–Crippen MR) is 162 cm³/mol. The highest BCUT2D eigenvalue weighted by Crippen LogP contribution is 2.37. The molecule has 4 rings (SSSR count). The summed E-state index contributed by atoms with van der Waals surface area (Å²) in [5, 5.41) is 25.3. The van der Waals surface area contributed by atoms with Gasteiger partial charge in [0.15, 0.2) is 0 Å². The van der Waals surface area contributed by atoms with Gasteiger partial charge in [0.2, 0.25) is 5.91 Å². The van der Waals surface area contributed by atoms with Gasteiger partial charge in [-0.2, -0.15) is 5.26 Å². The lowest BCUT2D eigenvalue weighted by Crippen LogP contribution is -2.20. The first-order valence-corrected chi connectivity index (χ1v) is 14.4. The number of amides is 1. The van der Waals surface area contributed by atoms with E-state index in [9.17, 15) is 14.4 Å². The molecule has 3 N–H and O–H groups in total. The minimum Gasteiger partial charge on any atom is -0.486 e. The summed E-state index contributed by atoms with van der Waals surface area (Å²) >= 11 is 5.98. The molecule has 0 radical (unpaired) electrons. The number of carbonyl (C=O) groups excluding carboxylic acids is 1. The number of nitriles is 1. The number of nitrogens with zero attached hydrogens (tertiary/aromatic N) is 3. The van der Waals surface area contributed by atoms with Crippen LogP contribution in [0.25, 0.3) is 10.9 Å². The molecule has 222 valence electrons. The molecule has 0 bridgehead atoms. The minimum absolute atomic E-state index is 0.0570. The van der Waals surface area contributed by atoms with Crippen LogP contribution in [-0.2, 0) is 9.53 Å². The number of hydrogen-bond acceptors (Lipinski definition) is 8. The Morgan fingerprint density at radius 1 is 1.31 bits per heavy atom. The van der Waals surface area contributed by atoms with Crippen LogP contribution in [0.2, 0.25) is 5.02 Å². The molecule has 1 unspecified atom stereocenters. The summed E-state index contributed by atoms with van der Waals surface area (Å²) in [6.07, 6.45) is 9.19. The Morgan fingerprint density at radius 3 is 2.88 bits per heavy atom. The normalized spacial score (nSPS) is 14.9. The second kappa shape index (κ2) is 15.5. The van der Waals surface area contributed by atoms with Crippen molar-refractivity contribution in [3.63, 3.8) is 0 Å². The maximum absolute atomic E-state index is 13.7. The van der Waals surface area contributed by atoms with E-state index in [1.54, 1.807) is 18.2 Å². The fraction of sp³-hybridized carbons (Fsp3) is 0.387. The van der Waals surface area contributed by atoms with Gasteiger partial charge in [-0.3, -0.25) is 9.78 Å². The Hall–Kier alpha value is -3.75. The number of fused-ring (bicyclic) bond motifs is 1. The Morgan fingerprint density at radius 2 is 2.14 bits per heavy atom. The standard InChI is InChI=1S/C31H35ClFN5O4/c1-38(11-4-2-3-5-13-39)12-6-7-30(40)37-28-16-24-27(17-29(28)42-23-10-14-41-20-23)35-19-21(18-34)31(24)36-22-8-9-26(33)25(32)15-22/h6-9,15-17,19,23,39H,2-5,10-14,20H2,1H3,(H,35,36)(H,37,40). The zero-order valence-corrected chi connectivity index (χ0v) is 24.3. The Kier molecular flexibility index (Phi) is 11.5. The van der Waals surface area contributed by atoms with E-state index < -0.39 is 5.82 Å². The molecule has 0 saturated carbocycles. The number of ether oxygens (including phenoxy) is 2. The largest absolute Gasteiger partial charge is 0.486 e. The molecule has 9 nitrogen and oxygen atoms in total. The van der Waals surface area contributed by atoms with E-state index in [1.165, 1.54) is 30.5 Å². The minimum atomic E-state index is -0.553. The molecule has 1 atom stereocenters. The third kappa shape index (κ3) is 8.63. The quantitative estimate of drug-likeness (QED) is 0.158. The van der Waals surface area contributed by atoms with Crippen molar-refractivity contribution >= 4 is 45.5 Å². The number of anilines is 3. The van der Waals surface area contributed by atoms with Gasteiger partial charge in [-0.15, -0.1) is 0 Å². The van der Waals surface area contributed by atoms with Crippen molar-refractivity contribution in [2.24, 2.45) is 0 Å².